The fraction of sp³-hybridized carbons (Fsp3) is 0.121. The maximum absolute atomic E-state index is 6.13. The smallest absolute Gasteiger partial charge is 0.136 e. The molecule has 0 fully saturated rings. The summed E-state index contributed by atoms with van der Waals surface area (Å²) in [6.45, 7) is 6.78. The van der Waals surface area contributed by atoms with Crippen molar-refractivity contribution in [3.63, 3.8) is 0 Å². The third-order valence-electron chi connectivity index (χ3n) is 7.05. The molecule has 174 valence electrons. The van der Waals surface area contributed by atoms with E-state index in [0.29, 0.717) is 0 Å². The van der Waals surface area contributed by atoms with Crippen LogP contribution in [-0.2, 0) is 5.41 Å². The normalized spacial score (nSPS) is 12.3. The molecule has 4 aromatic carbocycles. The fourth-order valence-corrected chi connectivity index (χ4v) is 6.16. The van der Waals surface area contributed by atoms with E-state index in [2.05, 4.69) is 99.6 Å². The summed E-state index contributed by atoms with van der Waals surface area (Å²) in [5, 5.41) is 3.55. The van der Waals surface area contributed by atoms with E-state index in [0.717, 1.165) is 44.3 Å². The number of hydrogen-bond acceptors (Lipinski definition) is 3. The second-order valence-electron chi connectivity index (χ2n) is 10.5. The van der Waals surface area contributed by atoms with Gasteiger partial charge in [0.15, 0.2) is 0 Å². The van der Waals surface area contributed by atoms with Crippen molar-refractivity contribution in [3.05, 3.63) is 103 Å². The Labute approximate surface area is 213 Å². The van der Waals surface area contributed by atoms with Crippen molar-refractivity contribution < 1.29 is 4.42 Å². The van der Waals surface area contributed by atoms with Crippen molar-refractivity contribution in [1.82, 2.24) is 4.98 Å². The van der Waals surface area contributed by atoms with Gasteiger partial charge >= 0.3 is 0 Å². The highest BCUT2D eigenvalue weighted by molar-refractivity contribution is 7.25. The summed E-state index contributed by atoms with van der Waals surface area (Å²) < 4.78 is 8.65. The van der Waals surface area contributed by atoms with Crippen LogP contribution in [0.25, 0.3) is 64.6 Å². The number of aromatic nitrogens is 1. The fourth-order valence-electron chi connectivity index (χ4n) is 5.13. The van der Waals surface area contributed by atoms with Gasteiger partial charge in [-0.15, -0.1) is 11.3 Å². The lowest BCUT2D eigenvalue weighted by molar-refractivity contribution is 0.591. The van der Waals surface area contributed by atoms with Gasteiger partial charge in [0.1, 0.15) is 11.2 Å². The summed E-state index contributed by atoms with van der Waals surface area (Å²) in [6.07, 6.45) is 0. The predicted molar refractivity (Wildman–Crippen MR) is 154 cm³/mol. The van der Waals surface area contributed by atoms with E-state index >= 15 is 0 Å². The Hall–Kier alpha value is -3.95. The summed E-state index contributed by atoms with van der Waals surface area (Å²) in [5.41, 5.74) is 8.82. The number of thiophene rings is 1. The zero-order chi connectivity index (χ0) is 24.4. The van der Waals surface area contributed by atoms with Gasteiger partial charge < -0.3 is 4.42 Å². The standard InChI is InChI=1S/C33H25NOS/c1-33(2,3)22-14-16-29-25(19-22)32-30(36-29)17-15-26(34-32)21-9-6-8-20(18-21)23-11-7-13-28-31(23)24-10-4-5-12-27(24)35-28/h4-19H,1-3H3. The summed E-state index contributed by atoms with van der Waals surface area (Å²) >= 11 is 1.82. The molecule has 36 heavy (non-hydrogen) atoms. The molecular weight excluding hydrogens is 458 g/mol. The molecule has 0 atom stereocenters. The molecule has 3 aromatic heterocycles. The summed E-state index contributed by atoms with van der Waals surface area (Å²) in [4.78, 5) is 5.19. The molecule has 0 saturated heterocycles. The van der Waals surface area contributed by atoms with E-state index in [1.54, 1.807) is 0 Å². The minimum absolute atomic E-state index is 0.104. The number of pyridine rings is 1. The molecule has 0 N–H and O–H groups in total. The highest BCUT2D eigenvalue weighted by Gasteiger charge is 2.17. The Balaban J connectivity index is 1.39. The molecule has 2 nitrogen and oxygen atoms in total. The SMILES string of the molecule is CC(C)(C)c1ccc2sc3ccc(-c4cccc(-c5cccc6oc7ccccc7c56)c4)nc3c2c1. The van der Waals surface area contributed by atoms with Crippen LogP contribution in [0.3, 0.4) is 0 Å². The van der Waals surface area contributed by atoms with Gasteiger partial charge in [-0.3, -0.25) is 0 Å². The maximum Gasteiger partial charge on any atom is 0.136 e. The summed E-state index contributed by atoms with van der Waals surface area (Å²) in [7, 11) is 0. The van der Waals surface area contributed by atoms with Gasteiger partial charge in [0.2, 0.25) is 0 Å². The van der Waals surface area contributed by atoms with Gasteiger partial charge in [-0.1, -0.05) is 75.4 Å². The topological polar surface area (TPSA) is 26.0 Å². The number of para-hydroxylation sites is 1. The molecule has 0 spiro atoms. The minimum Gasteiger partial charge on any atom is -0.456 e. The van der Waals surface area contributed by atoms with Gasteiger partial charge in [-0.25, -0.2) is 4.98 Å². The number of furan rings is 1. The Morgan fingerprint density at radius 1 is 0.667 bits per heavy atom. The highest BCUT2D eigenvalue weighted by Crippen LogP contribution is 2.39. The molecule has 0 aliphatic heterocycles. The number of fused-ring (bicyclic) bond motifs is 6. The average molecular weight is 484 g/mol. The third-order valence-corrected chi connectivity index (χ3v) is 8.18. The van der Waals surface area contributed by atoms with Crippen molar-refractivity contribution in [1.29, 1.82) is 0 Å². The van der Waals surface area contributed by atoms with Crippen LogP contribution < -0.4 is 0 Å². The molecule has 0 radical (unpaired) electrons. The van der Waals surface area contributed by atoms with Crippen LogP contribution in [0, 0.1) is 0 Å². The van der Waals surface area contributed by atoms with Crippen molar-refractivity contribution in [3.8, 4) is 22.4 Å². The first-order valence-corrected chi connectivity index (χ1v) is 13.1. The van der Waals surface area contributed by atoms with E-state index < -0.39 is 0 Å². The van der Waals surface area contributed by atoms with Crippen LogP contribution >= 0.6 is 11.3 Å². The molecule has 7 aromatic rings. The first-order chi connectivity index (χ1) is 17.5. The van der Waals surface area contributed by atoms with Crippen LogP contribution in [0.1, 0.15) is 26.3 Å². The Bertz CT molecular complexity index is 1930. The van der Waals surface area contributed by atoms with Crippen molar-refractivity contribution >= 4 is 53.6 Å². The zero-order valence-electron chi connectivity index (χ0n) is 20.5. The van der Waals surface area contributed by atoms with Crippen LogP contribution in [-0.4, -0.2) is 4.98 Å². The first kappa shape index (κ1) is 21.3. The van der Waals surface area contributed by atoms with Gasteiger partial charge in [0.25, 0.3) is 0 Å². The average Bonchev–Trinajstić information content (AvgIpc) is 3.45. The van der Waals surface area contributed by atoms with E-state index in [1.807, 2.05) is 29.5 Å². The van der Waals surface area contributed by atoms with Crippen molar-refractivity contribution in [2.75, 3.05) is 0 Å². The van der Waals surface area contributed by atoms with Gasteiger partial charge in [0, 0.05) is 26.4 Å². The van der Waals surface area contributed by atoms with Crippen molar-refractivity contribution in [2.45, 2.75) is 26.2 Å². The maximum atomic E-state index is 6.13. The van der Waals surface area contributed by atoms with E-state index in [1.165, 1.54) is 25.9 Å². The second kappa shape index (κ2) is 7.78. The van der Waals surface area contributed by atoms with Gasteiger partial charge in [0.05, 0.1) is 15.9 Å². The monoisotopic (exact) mass is 483 g/mol. The van der Waals surface area contributed by atoms with Crippen molar-refractivity contribution in [2.24, 2.45) is 0 Å². The molecule has 0 amide bonds. The van der Waals surface area contributed by atoms with Gasteiger partial charge in [-0.2, -0.15) is 0 Å². The molecule has 0 bridgehead atoms. The van der Waals surface area contributed by atoms with E-state index in [9.17, 15) is 0 Å². The lowest BCUT2D eigenvalue weighted by atomic mass is 9.86. The zero-order valence-corrected chi connectivity index (χ0v) is 21.3. The molecule has 0 saturated carbocycles. The number of hydrogen-bond donors (Lipinski definition) is 0. The summed E-state index contributed by atoms with van der Waals surface area (Å²) in [6, 6.07) is 34.5. The molecule has 3 heterocycles. The second-order valence-corrected chi connectivity index (χ2v) is 11.5. The molecular formula is C33H25NOS. The molecule has 3 heteroatoms. The first-order valence-electron chi connectivity index (χ1n) is 12.3. The van der Waals surface area contributed by atoms with E-state index in [-0.39, 0.29) is 5.41 Å². The van der Waals surface area contributed by atoms with Crippen LogP contribution in [0.5, 0.6) is 0 Å². The lowest BCUT2D eigenvalue weighted by Gasteiger charge is -2.18. The minimum atomic E-state index is 0.104. The Morgan fingerprint density at radius 3 is 2.33 bits per heavy atom. The molecule has 0 aliphatic rings. The number of nitrogens with zero attached hydrogens (tertiary/aromatic N) is 1. The summed E-state index contributed by atoms with van der Waals surface area (Å²) in [5.74, 6) is 0. The van der Waals surface area contributed by atoms with E-state index in [4.69, 9.17) is 9.40 Å². The highest BCUT2D eigenvalue weighted by atomic mass is 32.1. The number of benzene rings is 4. The number of rotatable bonds is 2. The van der Waals surface area contributed by atoms with Gasteiger partial charge in [-0.05, 0) is 64.6 Å². The Kier molecular flexibility index (Phi) is 4.61. The van der Waals surface area contributed by atoms with Crippen LogP contribution in [0.15, 0.2) is 101 Å². The largest absolute Gasteiger partial charge is 0.456 e. The quantitative estimate of drug-likeness (QED) is 0.244. The predicted octanol–water partition coefficient (Wildman–Crippen LogP) is 9.98. The molecule has 0 aliphatic carbocycles. The molecule has 0 unspecified atom stereocenters. The Morgan fingerprint density at radius 2 is 1.44 bits per heavy atom. The molecule has 7 rings (SSSR count). The lowest BCUT2D eigenvalue weighted by Crippen LogP contribution is -2.10. The van der Waals surface area contributed by atoms with Crippen LogP contribution in [0.4, 0.5) is 0 Å². The third kappa shape index (κ3) is 3.35. The van der Waals surface area contributed by atoms with Crippen LogP contribution in [0.2, 0.25) is 0 Å².